The number of aromatic nitrogens is 3. The largest absolute Gasteiger partial charge is 0.340 e. The molecule has 0 fully saturated rings. The molecule has 0 aliphatic heterocycles. The molecule has 0 bridgehead atoms. The van der Waals surface area contributed by atoms with Gasteiger partial charge in [0, 0.05) is 6.20 Å². The van der Waals surface area contributed by atoms with Gasteiger partial charge in [0.15, 0.2) is 6.33 Å². The lowest BCUT2D eigenvalue weighted by Crippen LogP contribution is -1.85. The maximum Gasteiger partial charge on any atom is 0.297 e. The van der Waals surface area contributed by atoms with E-state index in [-0.39, 0.29) is 5.69 Å². The number of nitrogens with one attached hydrogen (secondary N) is 1. The van der Waals surface area contributed by atoms with Crippen LogP contribution in [-0.4, -0.2) is 19.9 Å². The minimum Gasteiger partial charge on any atom is -0.340 e. The van der Waals surface area contributed by atoms with Crippen LogP contribution in [0.25, 0.3) is 11.0 Å². The second-order valence-corrected chi connectivity index (χ2v) is 2.16. The van der Waals surface area contributed by atoms with Crippen molar-refractivity contribution in [1.82, 2.24) is 15.0 Å². The van der Waals surface area contributed by atoms with Crippen LogP contribution in [0, 0.1) is 16.4 Å². The number of nitro groups is 1. The standard InChI is InChI=1S/C6H3N4O2/c11-10(12)5-2-8-6-4(5)1-7-3-9-6/h1-2H,(H,7,8,9). The molecule has 0 aliphatic carbocycles. The summed E-state index contributed by atoms with van der Waals surface area (Å²) in [6.07, 6.45) is 4.98. The summed E-state index contributed by atoms with van der Waals surface area (Å²) in [5.41, 5.74) is 0.413. The Balaban J connectivity index is 2.79. The Labute approximate surface area is 66.4 Å². The number of H-pyrrole nitrogens is 1. The van der Waals surface area contributed by atoms with E-state index in [4.69, 9.17) is 0 Å². The summed E-state index contributed by atoms with van der Waals surface area (Å²) in [7, 11) is 0. The molecule has 0 saturated carbocycles. The molecule has 0 amide bonds. The van der Waals surface area contributed by atoms with Crippen LogP contribution < -0.4 is 0 Å². The molecule has 0 spiro atoms. The quantitative estimate of drug-likeness (QED) is 0.494. The van der Waals surface area contributed by atoms with E-state index in [1.165, 1.54) is 12.4 Å². The average molecular weight is 163 g/mol. The Morgan fingerprint density at radius 2 is 2.50 bits per heavy atom. The minimum absolute atomic E-state index is 0.0148. The fraction of sp³-hybridized carbons (Fsp3) is 0. The van der Waals surface area contributed by atoms with Gasteiger partial charge in [-0.2, -0.15) is 0 Å². The van der Waals surface area contributed by atoms with Crippen molar-refractivity contribution in [3.63, 3.8) is 0 Å². The fourth-order valence-corrected chi connectivity index (χ4v) is 0.957. The number of nitrogens with zero attached hydrogens (tertiary/aromatic N) is 3. The first-order valence-electron chi connectivity index (χ1n) is 3.13. The van der Waals surface area contributed by atoms with Crippen molar-refractivity contribution in [2.45, 2.75) is 0 Å². The van der Waals surface area contributed by atoms with E-state index in [0.29, 0.717) is 11.0 Å². The predicted molar refractivity (Wildman–Crippen MR) is 39.4 cm³/mol. The second kappa shape index (κ2) is 2.26. The van der Waals surface area contributed by atoms with Gasteiger partial charge < -0.3 is 4.98 Å². The van der Waals surface area contributed by atoms with Crippen molar-refractivity contribution in [2.75, 3.05) is 0 Å². The maximum absolute atomic E-state index is 10.4. The number of fused-ring (bicyclic) bond motifs is 1. The Morgan fingerprint density at radius 1 is 1.67 bits per heavy atom. The molecule has 1 N–H and O–H groups in total. The lowest BCUT2D eigenvalue weighted by Gasteiger charge is -1.85. The maximum atomic E-state index is 10.4. The smallest absolute Gasteiger partial charge is 0.297 e. The van der Waals surface area contributed by atoms with E-state index >= 15 is 0 Å². The van der Waals surface area contributed by atoms with Gasteiger partial charge in [0.1, 0.15) is 11.0 Å². The van der Waals surface area contributed by atoms with Crippen LogP contribution in [-0.2, 0) is 0 Å². The topological polar surface area (TPSA) is 84.7 Å². The summed E-state index contributed by atoms with van der Waals surface area (Å²) < 4.78 is 0. The highest BCUT2D eigenvalue weighted by molar-refractivity contribution is 5.84. The van der Waals surface area contributed by atoms with Gasteiger partial charge in [-0.1, -0.05) is 0 Å². The van der Waals surface area contributed by atoms with Crippen molar-refractivity contribution < 1.29 is 4.92 Å². The van der Waals surface area contributed by atoms with Crippen molar-refractivity contribution >= 4 is 16.7 Å². The summed E-state index contributed by atoms with van der Waals surface area (Å²) in [4.78, 5) is 19.8. The Hall–Kier alpha value is -1.98. The van der Waals surface area contributed by atoms with E-state index in [2.05, 4.69) is 21.3 Å². The first-order chi connectivity index (χ1) is 5.79. The summed E-state index contributed by atoms with van der Waals surface area (Å²) in [5.74, 6) is 0. The summed E-state index contributed by atoms with van der Waals surface area (Å²) in [6.45, 7) is 0. The number of rotatable bonds is 1. The molecule has 1 radical (unpaired) electrons. The molecule has 0 atom stereocenters. The van der Waals surface area contributed by atoms with Crippen molar-refractivity contribution in [2.24, 2.45) is 0 Å². The van der Waals surface area contributed by atoms with Gasteiger partial charge in [-0.05, 0) is 0 Å². The van der Waals surface area contributed by atoms with Crippen LogP contribution in [0.1, 0.15) is 0 Å². The zero-order valence-electron chi connectivity index (χ0n) is 5.81. The van der Waals surface area contributed by atoms with Gasteiger partial charge >= 0.3 is 0 Å². The molecule has 2 aromatic heterocycles. The van der Waals surface area contributed by atoms with Gasteiger partial charge in [0.25, 0.3) is 5.69 Å². The van der Waals surface area contributed by atoms with Gasteiger partial charge in [-0.25, -0.2) is 9.97 Å². The van der Waals surface area contributed by atoms with Gasteiger partial charge in [0.05, 0.1) is 11.1 Å². The number of hydrogen-bond donors (Lipinski definition) is 1. The van der Waals surface area contributed by atoms with Crippen LogP contribution in [0.5, 0.6) is 0 Å². The molecule has 0 aromatic carbocycles. The van der Waals surface area contributed by atoms with E-state index in [9.17, 15) is 10.1 Å². The Kier molecular flexibility index (Phi) is 1.26. The highest BCUT2D eigenvalue weighted by Crippen LogP contribution is 2.21. The van der Waals surface area contributed by atoms with E-state index < -0.39 is 4.92 Å². The first-order valence-corrected chi connectivity index (χ1v) is 3.13. The molecule has 59 valence electrons. The average Bonchev–Trinajstić information content (AvgIpc) is 2.47. The molecule has 6 heteroatoms. The second-order valence-electron chi connectivity index (χ2n) is 2.16. The number of hydrogen-bond acceptors (Lipinski definition) is 4. The zero-order valence-corrected chi connectivity index (χ0v) is 5.81. The van der Waals surface area contributed by atoms with Crippen LogP contribution in [0.2, 0.25) is 0 Å². The monoisotopic (exact) mass is 163 g/mol. The lowest BCUT2D eigenvalue weighted by atomic mass is 10.4. The van der Waals surface area contributed by atoms with Crippen molar-refractivity contribution in [3.05, 3.63) is 28.8 Å². The minimum atomic E-state index is -0.484. The predicted octanol–water partition coefficient (Wildman–Crippen LogP) is 0.666. The van der Waals surface area contributed by atoms with Crippen LogP contribution in [0.3, 0.4) is 0 Å². The van der Waals surface area contributed by atoms with Crippen molar-refractivity contribution in [1.29, 1.82) is 0 Å². The van der Waals surface area contributed by atoms with E-state index in [0.717, 1.165) is 0 Å². The fourth-order valence-electron chi connectivity index (χ4n) is 0.957. The zero-order chi connectivity index (χ0) is 8.55. The van der Waals surface area contributed by atoms with E-state index in [1.807, 2.05) is 0 Å². The highest BCUT2D eigenvalue weighted by atomic mass is 16.6. The molecule has 0 saturated heterocycles. The lowest BCUT2D eigenvalue weighted by molar-refractivity contribution is -0.383. The highest BCUT2D eigenvalue weighted by Gasteiger charge is 2.13. The van der Waals surface area contributed by atoms with Crippen LogP contribution >= 0.6 is 0 Å². The normalized spacial score (nSPS) is 10.3. The molecular weight excluding hydrogens is 160 g/mol. The number of aromatic amines is 1. The molecule has 2 heterocycles. The third kappa shape index (κ3) is 0.815. The third-order valence-electron chi connectivity index (χ3n) is 1.49. The van der Waals surface area contributed by atoms with Gasteiger partial charge in [-0.3, -0.25) is 10.1 Å². The van der Waals surface area contributed by atoms with Gasteiger partial charge in [-0.15, -0.1) is 0 Å². The van der Waals surface area contributed by atoms with E-state index in [1.54, 1.807) is 0 Å². The summed E-state index contributed by atoms with van der Waals surface area (Å²) in [5, 5.41) is 10.8. The SMILES string of the molecule is O=[N+]([O-])c1c[nH]c2n[c]ncc12. The molecule has 2 aromatic rings. The Bertz CT molecular complexity index is 436. The van der Waals surface area contributed by atoms with Crippen LogP contribution in [0.4, 0.5) is 5.69 Å². The molecular formula is C6H3N4O2. The third-order valence-corrected chi connectivity index (χ3v) is 1.49. The summed E-state index contributed by atoms with van der Waals surface area (Å²) >= 11 is 0. The molecule has 6 nitrogen and oxygen atoms in total. The van der Waals surface area contributed by atoms with Crippen LogP contribution in [0.15, 0.2) is 12.4 Å². The molecule has 2 rings (SSSR count). The van der Waals surface area contributed by atoms with Gasteiger partial charge in [0.2, 0.25) is 0 Å². The first kappa shape index (κ1) is 6.71. The Morgan fingerprint density at radius 3 is 3.25 bits per heavy atom. The molecule has 0 unspecified atom stereocenters. The molecule has 12 heavy (non-hydrogen) atoms. The molecule has 0 aliphatic rings. The van der Waals surface area contributed by atoms with Crippen molar-refractivity contribution in [3.8, 4) is 0 Å². The summed E-state index contributed by atoms with van der Waals surface area (Å²) in [6, 6.07) is 0.